The zero-order chi connectivity index (χ0) is 15.8. The Balaban J connectivity index is 2.22. The van der Waals surface area contributed by atoms with E-state index >= 15 is 0 Å². The van der Waals surface area contributed by atoms with Gasteiger partial charge in [0, 0.05) is 13.1 Å². The van der Waals surface area contributed by atoms with Crippen molar-refractivity contribution in [2.45, 2.75) is 32.7 Å². The van der Waals surface area contributed by atoms with E-state index in [1.807, 2.05) is 13.0 Å². The molecule has 22 heavy (non-hydrogen) atoms. The molecule has 1 unspecified atom stereocenters. The van der Waals surface area contributed by atoms with Gasteiger partial charge in [-0.25, -0.2) is 0 Å². The molecule has 1 atom stereocenters. The van der Waals surface area contributed by atoms with Crippen LogP contribution in [0, 0.1) is 0 Å². The van der Waals surface area contributed by atoms with Gasteiger partial charge in [-0.1, -0.05) is 13.8 Å². The van der Waals surface area contributed by atoms with Crippen LogP contribution >= 0.6 is 0 Å². The van der Waals surface area contributed by atoms with Crippen molar-refractivity contribution in [3.8, 4) is 0 Å². The second kappa shape index (κ2) is 8.73. The van der Waals surface area contributed by atoms with E-state index in [-0.39, 0.29) is 6.04 Å². The summed E-state index contributed by atoms with van der Waals surface area (Å²) in [5, 5.41) is 0. The van der Waals surface area contributed by atoms with Crippen LogP contribution in [-0.2, 0) is 14.2 Å². The van der Waals surface area contributed by atoms with E-state index in [0.29, 0.717) is 24.7 Å². The predicted octanol–water partition coefficient (Wildman–Crippen LogP) is 1.99. The van der Waals surface area contributed by atoms with E-state index in [1.165, 1.54) is 0 Å². The molecule has 2 aliphatic rings. The van der Waals surface area contributed by atoms with Gasteiger partial charge in [-0.3, -0.25) is 4.90 Å². The molecule has 6 heteroatoms. The molecule has 0 radical (unpaired) electrons. The van der Waals surface area contributed by atoms with E-state index < -0.39 is 0 Å². The summed E-state index contributed by atoms with van der Waals surface area (Å²) in [6.07, 6.45) is 5.60. The molecule has 0 spiro atoms. The van der Waals surface area contributed by atoms with Gasteiger partial charge in [0.1, 0.15) is 5.76 Å². The first-order valence-corrected chi connectivity index (χ1v) is 8.03. The quantitative estimate of drug-likeness (QED) is 0.533. The molecule has 0 amide bonds. The van der Waals surface area contributed by atoms with E-state index in [9.17, 15) is 5.53 Å². The Bertz CT molecular complexity index is 475. The molecule has 0 aromatic heterocycles. The molecule has 0 aromatic rings. The third-order valence-corrected chi connectivity index (χ3v) is 3.61. The Kier molecular flexibility index (Phi) is 6.65. The van der Waals surface area contributed by atoms with Crippen molar-refractivity contribution in [1.82, 2.24) is 4.90 Å². The molecule has 1 aliphatic carbocycles. The lowest BCUT2D eigenvalue weighted by molar-refractivity contribution is -0.0106. The average molecular weight is 307 g/mol. The van der Waals surface area contributed by atoms with Gasteiger partial charge in [0.25, 0.3) is 0 Å². The highest BCUT2D eigenvalue weighted by molar-refractivity contribution is 6.04. The van der Waals surface area contributed by atoms with Crippen LogP contribution in [0.3, 0.4) is 0 Å². The summed E-state index contributed by atoms with van der Waals surface area (Å²) in [6.45, 7) is 8.49. The van der Waals surface area contributed by atoms with Gasteiger partial charge in [-0.15, -0.1) is 0 Å². The minimum Gasteiger partial charge on any atom is -0.496 e. The van der Waals surface area contributed by atoms with Crippen molar-refractivity contribution >= 4 is 5.71 Å². The summed E-state index contributed by atoms with van der Waals surface area (Å²) in [5.41, 5.74) is 9.65. The first-order valence-electron chi connectivity index (χ1n) is 8.03. The molecular formula is C16H25N3O3. The second-order valence-electron chi connectivity index (χ2n) is 5.35. The monoisotopic (exact) mass is 307 g/mol. The van der Waals surface area contributed by atoms with Gasteiger partial charge in [0.15, 0.2) is 0 Å². The Morgan fingerprint density at radius 3 is 2.55 bits per heavy atom. The third-order valence-electron chi connectivity index (χ3n) is 3.61. The molecule has 1 aliphatic heterocycles. The third kappa shape index (κ3) is 4.19. The predicted molar refractivity (Wildman–Crippen MR) is 83.5 cm³/mol. The summed E-state index contributed by atoms with van der Waals surface area (Å²) in [7, 11) is 0. The van der Waals surface area contributed by atoms with Gasteiger partial charge in [0.05, 0.1) is 38.5 Å². The molecule has 1 heterocycles. The molecule has 0 aromatic carbocycles. The fraction of sp³-hybridized carbons (Fsp3) is 0.688. The van der Waals surface area contributed by atoms with Gasteiger partial charge < -0.3 is 19.7 Å². The Morgan fingerprint density at radius 1 is 1.23 bits per heavy atom. The van der Waals surface area contributed by atoms with Crippen LogP contribution in [0.1, 0.15) is 26.7 Å². The molecule has 0 saturated carbocycles. The minimum atomic E-state index is 0.00723. The normalized spacial score (nSPS) is 22.6. The fourth-order valence-electron chi connectivity index (χ4n) is 2.50. The SMILES string of the molecule is CCCOC1=CC(N2CCOCC2)C(OCCC)=CC1=[N+]=[N-]. The molecule has 6 nitrogen and oxygen atoms in total. The minimum absolute atomic E-state index is 0.00723. The van der Waals surface area contributed by atoms with E-state index in [1.54, 1.807) is 6.08 Å². The second-order valence-corrected chi connectivity index (χ2v) is 5.35. The van der Waals surface area contributed by atoms with Crippen LogP contribution in [0.2, 0.25) is 0 Å². The molecule has 0 bridgehead atoms. The Hall–Kier alpha value is -1.62. The summed E-state index contributed by atoms with van der Waals surface area (Å²) < 4.78 is 17.0. The van der Waals surface area contributed by atoms with Crippen LogP contribution < -0.4 is 0 Å². The maximum Gasteiger partial charge on any atom is 0.359 e. The van der Waals surface area contributed by atoms with Crippen molar-refractivity contribution in [2.75, 3.05) is 39.5 Å². The topological polar surface area (TPSA) is 67.3 Å². The first-order chi connectivity index (χ1) is 10.8. The maximum absolute atomic E-state index is 9.23. The number of ether oxygens (including phenoxy) is 3. The van der Waals surface area contributed by atoms with Crippen molar-refractivity contribution < 1.29 is 19.0 Å². The van der Waals surface area contributed by atoms with E-state index in [4.69, 9.17) is 14.2 Å². The number of allylic oxidation sites excluding steroid dienone is 1. The fourth-order valence-corrected chi connectivity index (χ4v) is 2.50. The van der Waals surface area contributed by atoms with Crippen LogP contribution in [0.5, 0.6) is 0 Å². The molecule has 0 N–H and O–H groups in total. The highest BCUT2D eigenvalue weighted by atomic mass is 16.5. The highest BCUT2D eigenvalue weighted by Gasteiger charge is 2.32. The van der Waals surface area contributed by atoms with Crippen molar-refractivity contribution in [1.29, 1.82) is 0 Å². The number of hydrogen-bond acceptors (Lipinski definition) is 4. The lowest BCUT2D eigenvalue weighted by Gasteiger charge is -2.34. The van der Waals surface area contributed by atoms with Crippen LogP contribution in [0.25, 0.3) is 5.53 Å². The Morgan fingerprint density at radius 2 is 1.91 bits per heavy atom. The molecule has 1 saturated heterocycles. The summed E-state index contributed by atoms with van der Waals surface area (Å²) in [5.74, 6) is 1.42. The number of morpholine rings is 1. The van der Waals surface area contributed by atoms with Crippen molar-refractivity contribution in [2.24, 2.45) is 0 Å². The van der Waals surface area contributed by atoms with Crippen molar-refractivity contribution in [3.63, 3.8) is 0 Å². The molecule has 122 valence electrons. The first kappa shape index (κ1) is 16.7. The number of hydrogen-bond donors (Lipinski definition) is 0. The standard InChI is InChI=1S/C16H25N3O3/c1-3-7-21-15-12-14(19-5-9-20-10-6-19)16(22-8-4-2)11-13(15)18-17/h11-12,14H,3-10H2,1-2H3. The van der Waals surface area contributed by atoms with Gasteiger partial charge in [0.2, 0.25) is 5.76 Å². The Labute approximate surface area is 132 Å². The van der Waals surface area contributed by atoms with Gasteiger partial charge >= 0.3 is 5.71 Å². The zero-order valence-electron chi connectivity index (χ0n) is 13.5. The lowest BCUT2D eigenvalue weighted by Crippen LogP contribution is -2.45. The maximum atomic E-state index is 9.23. The van der Waals surface area contributed by atoms with Gasteiger partial charge in [-0.05, 0) is 18.9 Å². The number of nitrogens with zero attached hydrogens (tertiary/aromatic N) is 3. The number of rotatable bonds is 7. The molecule has 1 fully saturated rings. The largest absolute Gasteiger partial charge is 0.496 e. The van der Waals surface area contributed by atoms with Gasteiger partial charge in [-0.2, -0.15) is 4.79 Å². The van der Waals surface area contributed by atoms with Crippen LogP contribution in [-0.4, -0.2) is 61.0 Å². The van der Waals surface area contributed by atoms with E-state index in [0.717, 1.165) is 44.9 Å². The summed E-state index contributed by atoms with van der Waals surface area (Å²) in [4.78, 5) is 5.64. The zero-order valence-corrected chi connectivity index (χ0v) is 13.5. The smallest absolute Gasteiger partial charge is 0.359 e. The molecule has 2 rings (SSSR count). The average Bonchev–Trinajstić information content (AvgIpc) is 2.58. The van der Waals surface area contributed by atoms with Crippen LogP contribution in [0.4, 0.5) is 0 Å². The van der Waals surface area contributed by atoms with Crippen LogP contribution in [0.15, 0.2) is 23.7 Å². The van der Waals surface area contributed by atoms with E-state index in [2.05, 4.69) is 16.6 Å². The highest BCUT2D eigenvalue weighted by Crippen LogP contribution is 2.23. The van der Waals surface area contributed by atoms with Crippen molar-refractivity contribution in [3.05, 3.63) is 29.2 Å². The summed E-state index contributed by atoms with van der Waals surface area (Å²) >= 11 is 0. The lowest BCUT2D eigenvalue weighted by atomic mass is 10.0. The molecular weight excluding hydrogens is 282 g/mol. The summed E-state index contributed by atoms with van der Waals surface area (Å²) in [6, 6.07) is 0.00723.